The molecule has 0 radical (unpaired) electrons. The van der Waals surface area contributed by atoms with E-state index >= 15 is 0 Å². The minimum Gasteiger partial charge on any atom is -0.392 e. The maximum absolute atomic E-state index is 11.8. The van der Waals surface area contributed by atoms with Crippen LogP contribution in [0.25, 0.3) is 0 Å². The Labute approximate surface area is 101 Å². The van der Waals surface area contributed by atoms with Gasteiger partial charge in [-0.05, 0) is 31.5 Å². The molecular formula is C10H14N2O2S2. The van der Waals surface area contributed by atoms with Crippen LogP contribution in [0.3, 0.4) is 0 Å². The van der Waals surface area contributed by atoms with E-state index in [-0.39, 0.29) is 4.99 Å². The van der Waals surface area contributed by atoms with Crippen molar-refractivity contribution in [3.05, 3.63) is 29.8 Å². The van der Waals surface area contributed by atoms with Gasteiger partial charge >= 0.3 is 0 Å². The van der Waals surface area contributed by atoms with Crippen molar-refractivity contribution in [2.24, 2.45) is 5.73 Å². The summed E-state index contributed by atoms with van der Waals surface area (Å²) in [5.74, 6) is 0. The lowest BCUT2D eigenvalue weighted by Crippen LogP contribution is -2.35. The molecule has 1 atom stereocenters. The number of aryl methyl sites for hydroxylation is 1. The molecule has 0 bridgehead atoms. The number of thiocarbonyl (C=S) groups is 1. The van der Waals surface area contributed by atoms with Crippen LogP contribution < -0.4 is 10.5 Å². The highest BCUT2D eigenvalue weighted by Gasteiger charge is 2.22. The normalized spacial score (nSPS) is 13.1. The second-order valence-electron chi connectivity index (χ2n) is 3.56. The van der Waals surface area contributed by atoms with Crippen LogP contribution in [-0.2, 0) is 10.0 Å². The summed E-state index contributed by atoms with van der Waals surface area (Å²) in [7, 11) is -3.55. The molecule has 1 aromatic carbocycles. The molecule has 1 aromatic rings. The Hall–Kier alpha value is -1.14. The highest BCUT2D eigenvalue weighted by atomic mass is 32.2. The fourth-order valence-electron chi connectivity index (χ4n) is 1.11. The van der Waals surface area contributed by atoms with Gasteiger partial charge in [0.1, 0.15) is 5.25 Å². The monoisotopic (exact) mass is 258 g/mol. The summed E-state index contributed by atoms with van der Waals surface area (Å²) in [6, 6.07) is 7.08. The van der Waals surface area contributed by atoms with E-state index in [4.69, 9.17) is 5.73 Å². The predicted molar refractivity (Wildman–Crippen MR) is 70.0 cm³/mol. The molecular weight excluding hydrogens is 244 g/mol. The molecule has 0 aromatic heterocycles. The van der Waals surface area contributed by atoms with Crippen LogP contribution in [0.4, 0.5) is 5.69 Å². The maximum atomic E-state index is 11.8. The van der Waals surface area contributed by atoms with Crippen molar-refractivity contribution < 1.29 is 8.42 Å². The minimum atomic E-state index is -3.55. The summed E-state index contributed by atoms with van der Waals surface area (Å²) in [4.78, 5) is -0.0415. The second-order valence-corrected chi connectivity index (χ2v) is 6.03. The Morgan fingerprint density at radius 3 is 2.62 bits per heavy atom. The third-order valence-electron chi connectivity index (χ3n) is 2.14. The number of hydrogen-bond acceptors (Lipinski definition) is 3. The van der Waals surface area contributed by atoms with E-state index in [1.54, 1.807) is 18.2 Å². The third-order valence-corrected chi connectivity index (χ3v) is 4.35. The first kappa shape index (κ1) is 12.9. The highest BCUT2D eigenvalue weighted by molar-refractivity contribution is 7.95. The first-order valence-corrected chi connectivity index (χ1v) is 6.66. The first-order valence-electron chi connectivity index (χ1n) is 4.70. The van der Waals surface area contributed by atoms with Crippen LogP contribution in [0.5, 0.6) is 0 Å². The molecule has 3 N–H and O–H groups in total. The summed E-state index contributed by atoms with van der Waals surface area (Å²) in [5, 5.41) is -0.886. The Bertz CT molecular complexity index is 497. The molecule has 16 heavy (non-hydrogen) atoms. The number of hydrogen-bond donors (Lipinski definition) is 2. The zero-order chi connectivity index (χ0) is 12.3. The van der Waals surface area contributed by atoms with Crippen molar-refractivity contribution in [2.45, 2.75) is 19.1 Å². The lowest BCUT2D eigenvalue weighted by Gasteiger charge is -2.13. The van der Waals surface area contributed by atoms with E-state index in [1.807, 2.05) is 13.0 Å². The Kier molecular flexibility index (Phi) is 3.88. The van der Waals surface area contributed by atoms with Crippen LogP contribution in [0.15, 0.2) is 24.3 Å². The molecule has 1 rings (SSSR count). The lowest BCUT2D eigenvalue weighted by molar-refractivity contribution is 0.598. The smallest absolute Gasteiger partial charge is 0.241 e. The Morgan fingerprint density at radius 1 is 1.50 bits per heavy atom. The standard InChI is InChI=1S/C10H14N2O2S2/c1-7-4-3-5-9(6-7)12-16(13,14)8(2)10(11)15/h3-6,8,12H,1-2H3,(H2,11,15). The van der Waals surface area contributed by atoms with Gasteiger partial charge in [0.05, 0.1) is 4.99 Å². The van der Waals surface area contributed by atoms with Crippen molar-refractivity contribution in [3.63, 3.8) is 0 Å². The number of nitrogens with two attached hydrogens (primary N) is 1. The van der Waals surface area contributed by atoms with Crippen LogP contribution >= 0.6 is 12.2 Å². The van der Waals surface area contributed by atoms with E-state index in [2.05, 4.69) is 16.9 Å². The van der Waals surface area contributed by atoms with Gasteiger partial charge in [0.15, 0.2) is 0 Å². The zero-order valence-electron chi connectivity index (χ0n) is 9.10. The molecule has 0 spiro atoms. The van der Waals surface area contributed by atoms with Crippen molar-refractivity contribution in [3.8, 4) is 0 Å². The lowest BCUT2D eigenvalue weighted by atomic mass is 10.2. The number of nitrogens with one attached hydrogen (secondary N) is 1. The molecule has 0 aliphatic heterocycles. The third kappa shape index (κ3) is 3.18. The van der Waals surface area contributed by atoms with Crippen LogP contribution in [0, 0.1) is 6.92 Å². The fraction of sp³-hybridized carbons (Fsp3) is 0.300. The van der Waals surface area contributed by atoms with Gasteiger partial charge in [0.2, 0.25) is 10.0 Å². The van der Waals surface area contributed by atoms with Gasteiger partial charge < -0.3 is 5.73 Å². The molecule has 0 fully saturated rings. The molecule has 0 aliphatic rings. The molecule has 4 nitrogen and oxygen atoms in total. The molecule has 0 aliphatic carbocycles. The summed E-state index contributed by atoms with van der Waals surface area (Å²) in [6.45, 7) is 3.34. The van der Waals surface area contributed by atoms with E-state index in [0.717, 1.165) is 5.56 Å². The van der Waals surface area contributed by atoms with Gasteiger partial charge in [0.25, 0.3) is 0 Å². The van der Waals surface area contributed by atoms with Crippen molar-refractivity contribution in [2.75, 3.05) is 4.72 Å². The van der Waals surface area contributed by atoms with Gasteiger partial charge in [0, 0.05) is 5.69 Å². The predicted octanol–water partition coefficient (Wildman–Crippen LogP) is 1.41. The van der Waals surface area contributed by atoms with Crippen molar-refractivity contribution >= 4 is 32.9 Å². The molecule has 0 saturated carbocycles. The van der Waals surface area contributed by atoms with E-state index in [0.29, 0.717) is 5.69 Å². The van der Waals surface area contributed by atoms with Crippen molar-refractivity contribution in [1.29, 1.82) is 0 Å². The molecule has 88 valence electrons. The largest absolute Gasteiger partial charge is 0.392 e. The maximum Gasteiger partial charge on any atom is 0.241 e. The van der Waals surface area contributed by atoms with Crippen LogP contribution in [-0.4, -0.2) is 18.7 Å². The van der Waals surface area contributed by atoms with Gasteiger partial charge in [-0.2, -0.15) is 0 Å². The Balaban J connectivity index is 2.93. The van der Waals surface area contributed by atoms with Crippen LogP contribution in [0.1, 0.15) is 12.5 Å². The summed E-state index contributed by atoms with van der Waals surface area (Å²) in [5.41, 5.74) is 6.81. The van der Waals surface area contributed by atoms with Crippen molar-refractivity contribution in [1.82, 2.24) is 0 Å². The average Bonchev–Trinajstić information content (AvgIpc) is 2.15. The highest BCUT2D eigenvalue weighted by Crippen LogP contribution is 2.13. The van der Waals surface area contributed by atoms with Gasteiger partial charge in [-0.15, -0.1) is 0 Å². The fourth-order valence-corrected chi connectivity index (χ4v) is 2.43. The summed E-state index contributed by atoms with van der Waals surface area (Å²) < 4.78 is 26.0. The number of anilines is 1. The average molecular weight is 258 g/mol. The SMILES string of the molecule is Cc1cccc(NS(=O)(=O)C(C)C(N)=S)c1. The minimum absolute atomic E-state index is 0.0415. The van der Waals surface area contributed by atoms with Gasteiger partial charge in [-0.25, -0.2) is 8.42 Å². The van der Waals surface area contributed by atoms with E-state index in [9.17, 15) is 8.42 Å². The summed E-state index contributed by atoms with van der Waals surface area (Å²) >= 11 is 4.67. The summed E-state index contributed by atoms with van der Waals surface area (Å²) in [6.07, 6.45) is 0. The van der Waals surface area contributed by atoms with Crippen LogP contribution in [0.2, 0.25) is 0 Å². The van der Waals surface area contributed by atoms with Gasteiger partial charge in [-0.3, -0.25) is 4.72 Å². The number of sulfonamides is 1. The number of rotatable bonds is 4. The Morgan fingerprint density at radius 2 is 2.12 bits per heavy atom. The first-order chi connectivity index (χ1) is 7.33. The second kappa shape index (κ2) is 4.80. The molecule has 1 unspecified atom stereocenters. The molecule has 0 heterocycles. The molecule has 0 saturated heterocycles. The zero-order valence-corrected chi connectivity index (χ0v) is 10.7. The van der Waals surface area contributed by atoms with E-state index < -0.39 is 15.3 Å². The number of benzene rings is 1. The quantitative estimate of drug-likeness (QED) is 0.801. The molecule has 0 amide bonds. The topological polar surface area (TPSA) is 72.2 Å². The van der Waals surface area contributed by atoms with Gasteiger partial charge in [-0.1, -0.05) is 24.4 Å². The molecule has 6 heteroatoms. The van der Waals surface area contributed by atoms with E-state index in [1.165, 1.54) is 6.92 Å².